The Hall–Kier alpha value is -2.02. The summed E-state index contributed by atoms with van der Waals surface area (Å²) in [5.74, 6) is 1.70. The van der Waals surface area contributed by atoms with E-state index in [4.69, 9.17) is 0 Å². The molecule has 2 fully saturated rings. The van der Waals surface area contributed by atoms with Crippen LogP contribution in [0.25, 0.3) is 0 Å². The number of thioether (sulfide) groups is 1. The molecule has 144 valence electrons. The van der Waals surface area contributed by atoms with Gasteiger partial charge in [0, 0.05) is 36.4 Å². The van der Waals surface area contributed by atoms with Gasteiger partial charge in [-0.2, -0.15) is 0 Å². The van der Waals surface area contributed by atoms with Crippen LogP contribution in [0.4, 0.5) is 11.4 Å². The summed E-state index contributed by atoms with van der Waals surface area (Å²) < 4.78 is 2.23. The number of carbonyl (C=O) groups excluding carboxylic acids is 1. The van der Waals surface area contributed by atoms with E-state index < -0.39 is 0 Å². The maximum absolute atomic E-state index is 12.4. The lowest BCUT2D eigenvalue weighted by Gasteiger charge is -2.17. The van der Waals surface area contributed by atoms with Crippen molar-refractivity contribution >= 4 is 29.0 Å². The molecule has 1 aliphatic heterocycles. The van der Waals surface area contributed by atoms with Gasteiger partial charge in [-0.1, -0.05) is 25.6 Å². The maximum Gasteiger partial charge on any atom is 0.234 e. The number of amides is 1. The fourth-order valence-corrected chi connectivity index (χ4v) is 4.33. The number of anilines is 2. The van der Waals surface area contributed by atoms with Crippen molar-refractivity contribution < 1.29 is 4.79 Å². The Morgan fingerprint density at radius 1 is 1.19 bits per heavy atom. The van der Waals surface area contributed by atoms with E-state index in [0.29, 0.717) is 17.7 Å². The van der Waals surface area contributed by atoms with Crippen molar-refractivity contribution in [3.05, 3.63) is 30.1 Å². The Morgan fingerprint density at radius 2 is 1.89 bits per heavy atom. The normalized spacial score (nSPS) is 16.9. The predicted octanol–water partition coefficient (Wildman–Crippen LogP) is 4.07. The van der Waals surface area contributed by atoms with E-state index in [1.807, 2.05) is 12.1 Å². The van der Waals surface area contributed by atoms with E-state index in [9.17, 15) is 4.79 Å². The Morgan fingerprint density at radius 3 is 2.52 bits per heavy atom. The van der Waals surface area contributed by atoms with E-state index in [1.165, 1.54) is 43.1 Å². The fourth-order valence-electron chi connectivity index (χ4n) is 3.51. The van der Waals surface area contributed by atoms with Crippen molar-refractivity contribution in [2.75, 3.05) is 29.1 Å². The van der Waals surface area contributed by atoms with Crippen molar-refractivity contribution in [3.8, 4) is 0 Å². The smallest absolute Gasteiger partial charge is 0.234 e. The van der Waals surface area contributed by atoms with Gasteiger partial charge < -0.3 is 14.8 Å². The first-order chi connectivity index (χ1) is 13.1. The number of carbonyl (C=O) groups is 1. The van der Waals surface area contributed by atoms with Crippen molar-refractivity contribution in [1.29, 1.82) is 0 Å². The largest absolute Gasteiger partial charge is 0.372 e. The highest BCUT2D eigenvalue weighted by molar-refractivity contribution is 7.99. The van der Waals surface area contributed by atoms with Crippen LogP contribution in [0.3, 0.4) is 0 Å². The van der Waals surface area contributed by atoms with E-state index in [-0.39, 0.29) is 5.91 Å². The highest BCUT2D eigenvalue weighted by Crippen LogP contribution is 2.40. The maximum atomic E-state index is 12.4. The van der Waals surface area contributed by atoms with Crippen molar-refractivity contribution in [1.82, 2.24) is 14.8 Å². The summed E-state index contributed by atoms with van der Waals surface area (Å²) >= 11 is 1.47. The molecule has 1 N–H and O–H groups in total. The summed E-state index contributed by atoms with van der Waals surface area (Å²) in [5.41, 5.74) is 2.08. The molecule has 1 saturated heterocycles. The lowest BCUT2D eigenvalue weighted by atomic mass is 10.2. The van der Waals surface area contributed by atoms with E-state index in [1.54, 1.807) is 0 Å². The molecule has 1 amide bonds. The number of nitrogens with zero attached hydrogens (tertiary/aromatic N) is 4. The topological polar surface area (TPSA) is 63.1 Å². The van der Waals surface area contributed by atoms with Crippen LogP contribution in [-0.2, 0) is 4.79 Å². The van der Waals surface area contributed by atoms with Crippen LogP contribution in [-0.4, -0.2) is 39.5 Å². The molecule has 2 aromatic rings. The lowest BCUT2D eigenvalue weighted by Crippen LogP contribution is -2.18. The van der Waals surface area contributed by atoms with Gasteiger partial charge in [0.15, 0.2) is 5.16 Å². The van der Waals surface area contributed by atoms with Crippen LogP contribution in [0.5, 0.6) is 0 Å². The fraction of sp³-hybridized carbons (Fsp3) is 0.550. The molecule has 1 aromatic heterocycles. The van der Waals surface area contributed by atoms with Crippen molar-refractivity contribution in [2.45, 2.75) is 56.6 Å². The molecular formula is C20H27N5OS. The van der Waals surface area contributed by atoms with E-state index in [2.05, 4.69) is 51.0 Å². The van der Waals surface area contributed by atoms with E-state index >= 15 is 0 Å². The summed E-state index contributed by atoms with van der Waals surface area (Å²) in [7, 11) is 0. The van der Waals surface area contributed by atoms with E-state index in [0.717, 1.165) is 29.8 Å². The molecule has 0 bridgehead atoms. The molecule has 4 rings (SSSR count). The Bertz CT molecular complexity index is 791. The minimum Gasteiger partial charge on any atom is -0.372 e. The van der Waals surface area contributed by atoms with Gasteiger partial charge in [-0.05, 0) is 49.9 Å². The second-order valence-corrected chi connectivity index (χ2v) is 8.62. The number of rotatable bonds is 7. The minimum atomic E-state index is -0.00892. The summed E-state index contributed by atoms with van der Waals surface area (Å²) in [4.78, 5) is 14.8. The van der Waals surface area contributed by atoms with Crippen molar-refractivity contribution in [3.63, 3.8) is 0 Å². The number of hydrogen-bond donors (Lipinski definition) is 1. The first-order valence-electron chi connectivity index (χ1n) is 9.84. The standard InChI is InChI=1S/C20H27N5OS/c1-14(2)19-22-23-20(25(19)17-9-10-17)27-13-18(26)21-15-5-7-16(8-6-15)24-11-3-4-12-24/h5-8,14,17H,3-4,9-13H2,1-2H3,(H,21,26). The second kappa shape index (κ2) is 7.92. The lowest BCUT2D eigenvalue weighted by molar-refractivity contribution is -0.113. The zero-order valence-electron chi connectivity index (χ0n) is 16.0. The molecule has 1 saturated carbocycles. The predicted molar refractivity (Wildman–Crippen MR) is 110 cm³/mol. The Balaban J connectivity index is 1.33. The van der Waals surface area contributed by atoms with Gasteiger partial charge in [-0.25, -0.2) is 0 Å². The van der Waals surface area contributed by atoms with Gasteiger partial charge in [0.25, 0.3) is 0 Å². The molecule has 2 aliphatic rings. The Kier molecular flexibility index (Phi) is 5.38. The number of nitrogens with one attached hydrogen (secondary N) is 1. The van der Waals surface area contributed by atoms with Crippen LogP contribution in [0.2, 0.25) is 0 Å². The van der Waals surface area contributed by atoms with Gasteiger partial charge in [-0.3, -0.25) is 4.79 Å². The highest BCUT2D eigenvalue weighted by atomic mass is 32.2. The molecule has 0 radical (unpaired) electrons. The molecule has 0 spiro atoms. The third-order valence-electron chi connectivity index (χ3n) is 5.07. The zero-order valence-corrected chi connectivity index (χ0v) is 16.8. The molecule has 6 nitrogen and oxygen atoms in total. The van der Waals surface area contributed by atoms with Gasteiger partial charge >= 0.3 is 0 Å². The summed E-state index contributed by atoms with van der Waals surface area (Å²) in [5, 5.41) is 12.5. The van der Waals surface area contributed by atoms with Crippen LogP contribution < -0.4 is 10.2 Å². The molecular weight excluding hydrogens is 358 g/mol. The number of hydrogen-bond acceptors (Lipinski definition) is 5. The number of benzene rings is 1. The van der Waals surface area contributed by atoms with Gasteiger partial charge in [0.05, 0.1) is 5.75 Å². The molecule has 1 aromatic carbocycles. The molecule has 2 heterocycles. The van der Waals surface area contributed by atoms with Crippen LogP contribution >= 0.6 is 11.8 Å². The third-order valence-corrected chi connectivity index (χ3v) is 6.02. The molecule has 7 heteroatoms. The summed E-state index contributed by atoms with van der Waals surface area (Å²) in [6.07, 6.45) is 4.89. The SMILES string of the molecule is CC(C)c1nnc(SCC(=O)Nc2ccc(N3CCCC3)cc2)n1C1CC1. The summed E-state index contributed by atoms with van der Waals surface area (Å²) in [6, 6.07) is 8.67. The first-order valence-corrected chi connectivity index (χ1v) is 10.8. The van der Waals surface area contributed by atoms with Crippen LogP contribution in [0.15, 0.2) is 29.4 Å². The zero-order chi connectivity index (χ0) is 18.8. The van der Waals surface area contributed by atoms with Gasteiger partial charge in [0.2, 0.25) is 5.91 Å². The van der Waals surface area contributed by atoms with Gasteiger partial charge in [0.1, 0.15) is 5.82 Å². The second-order valence-electron chi connectivity index (χ2n) is 7.67. The molecule has 1 aliphatic carbocycles. The average molecular weight is 386 g/mol. The third kappa shape index (κ3) is 4.29. The van der Waals surface area contributed by atoms with Gasteiger partial charge in [-0.15, -0.1) is 10.2 Å². The number of aromatic nitrogens is 3. The minimum absolute atomic E-state index is 0.00892. The van der Waals surface area contributed by atoms with Crippen LogP contribution in [0, 0.1) is 0 Å². The average Bonchev–Trinajstić information content (AvgIpc) is 3.18. The monoisotopic (exact) mass is 385 g/mol. The Labute approximate surface area is 164 Å². The first kappa shape index (κ1) is 18.3. The molecule has 0 atom stereocenters. The van der Waals surface area contributed by atoms with Crippen LogP contribution in [0.1, 0.15) is 57.3 Å². The quantitative estimate of drug-likeness (QED) is 0.728. The van der Waals surface area contributed by atoms with Crippen molar-refractivity contribution in [2.24, 2.45) is 0 Å². The highest BCUT2D eigenvalue weighted by Gasteiger charge is 2.30. The molecule has 0 unspecified atom stereocenters. The summed E-state index contributed by atoms with van der Waals surface area (Å²) in [6.45, 7) is 6.52. The molecule has 27 heavy (non-hydrogen) atoms.